The highest BCUT2D eigenvalue weighted by Crippen LogP contribution is 2.23. The van der Waals surface area contributed by atoms with Gasteiger partial charge in [0.25, 0.3) is 0 Å². The first-order valence-electron chi connectivity index (χ1n) is 11.5. The molecule has 6 heteroatoms. The Morgan fingerprint density at radius 1 is 1.09 bits per heavy atom. The third kappa shape index (κ3) is 7.61. The third-order valence-electron chi connectivity index (χ3n) is 5.93. The van der Waals surface area contributed by atoms with Crippen LogP contribution in [0.15, 0.2) is 54.6 Å². The number of aromatic carboxylic acids is 1. The lowest BCUT2D eigenvalue weighted by atomic mass is 10.0. The van der Waals surface area contributed by atoms with Crippen molar-refractivity contribution in [3.05, 3.63) is 69.9 Å². The molecule has 1 amide bonds. The van der Waals surface area contributed by atoms with E-state index in [2.05, 4.69) is 24.3 Å². The number of aryl methyl sites for hydroxylation is 2. The van der Waals surface area contributed by atoms with Crippen molar-refractivity contribution < 1.29 is 19.8 Å². The van der Waals surface area contributed by atoms with Gasteiger partial charge < -0.3 is 15.1 Å². The largest absolute Gasteiger partial charge is 0.477 e. The molecular weight excluding hydrogens is 422 g/mol. The number of benzene rings is 1. The maximum Gasteiger partial charge on any atom is 0.345 e. The smallest absolute Gasteiger partial charge is 0.345 e. The molecule has 2 N–H and O–H groups in total. The second-order valence-corrected chi connectivity index (χ2v) is 9.57. The van der Waals surface area contributed by atoms with Gasteiger partial charge in [0.2, 0.25) is 5.91 Å². The average molecular weight is 456 g/mol. The van der Waals surface area contributed by atoms with Crippen LogP contribution >= 0.6 is 11.3 Å². The number of thiophene rings is 1. The maximum atomic E-state index is 12.3. The van der Waals surface area contributed by atoms with Gasteiger partial charge in [-0.2, -0.15) is 0 Å². The Morgan fingerprint density at radius 2 is 1.91 bits per heavy atom. The van der Waals surface area contributed by atoms with E-state index < -0.39 is 12.1 Å². The minimum atomic E-state index is -0.893. The van der Waals surface area contributed by atoms with Gasteiger partial charge in [-0.15, -0.1) is 11.3 Å². The van der Waals surface area contributed by atoms with Crippen LogP contribution in [-0.2, 0) is 17.6 Å². The van der Waals surface area contributed by atoms with E-state index >= 15 is 0 Å². The summed E-state index contributed by atoms with van der Waals surface area (Å²) >= 11 is 1.30. The summed E-state index contributed by atoms with van der Waals surface area (Å²) in [5.41, 5.74) is 1.36. The monoisotopic (exact) mass is 455 g/mol. The Hall–Kier alpha value is -2.44. The molecule has 1 aromatic carbocycles. The van der Waals surface area contributed by atoms with Crippen LogP contribution < -0.4 is 0 Å². The van der Waals surface area contributed by atoms with Crippen molar-refractivity contribution >= 4 is 23.2 Å². The molecule has 172 valence electrons. The number of amides is 1. The molecule has 1 saturated heterocycles. The van der Waals surface area contributed by atoms with Crippen molar-refractivity contribution in [2.75, 3.05) is 6.54 Å². The number of aliphatic hydroxyl groups is 1. The minimum Gasteiger partial charge on any atom is -0.477 e. The highest BCUT2D eigenvalue weighted by Gasteiger charge is 2.28. The van der Waals surface area contributed by atoms with Crippen molar-refractivity contribution in [3.8, 4) is 0 Å². The number of nitrogens with zero attached hydrogens (tertiary/aromatic N) is 1. The summed E-state index contributed by atoms with van der Waals surface area (Å²) in [5.74, 6) is -0.733. The van der Waals surface area contributed by atoms with Crippen molar-refractivity contribution in [2.45, 2.75) is 69.9 Å². The fraction of sp³-hybridized carbons (Fsp3) is 0.462. The Morgan fingerprint density at radius 3 is 2.66 bits per heavy atom. The van der Waals surface area contributed by atoms with E-state index in [1.54, 1.807) is 6.07 Å². The number of unbranched alkanes of at least 4 members (excludes halogenated alkanes) is 2. The summed E-state index contributed by atoms with van der Waals surface area (Å²) in [7, 11) is 0. The van der Waals surface area contributed by atoms with E-state index in [-0.39, 0.29) is 11.9 Å². The van der Waals surface area contributed by atoms with Gasteiger partial charge in [-0.1, -0.05) is 55.3 Å². The number of carboxylic acid groups (broad SMARTS) is 1. The summed E-state index contributed by atoms with van der Waals surface area (Å²) in [5, 5.41) is 19.3. The lowest BCUT2D eigenvalue weighted by Gasteiger charge is -2.22. The van der Waals surface area contributed by atoms with E-state index in [9.17, 15) is 14.7 Å². The van der Waals surface area contributed by atoms with Crippen LogP contribution in [0.2, 0.25) is 0 Å². The average Bonchev–Trinajstić information content (AvgIpc) is 3.40. The molecule has 0 saturated carbocycles. The van der Waals surface area contributed by atoms with Crippen LogP contribution in [0, 0.1) is 0 Å². The van der Waals surface area contributed by atoms with Gasteiger partial charge in [0, 0.05) is 17.8 Å². The molecular formula is C26H33NO4S. The van der Waals surface area contributed by atoms with Crippen LogP contribution in [0.3, 0.4) is 0 Å². The van der Waals surface area contributed by atoms with Crippen LogP contribution in [0.25, 0.3) is 0 Å². The van der Waals surface area contributed by atoms with Crippen LogP contribution in [0.1, 0.15) is 65.1 Å². The molecule has 2 aromatic rings. The Bertz CT molecular complexity index is 892. The van der Waals surface area contributed by atoms with E-state index in [0.717, 1.165) is 56.2 Å². The van der Waals surface area contributed by atoms with E-state index in [0.29, 0.717) is 17.8 Å². The molecule has 1 aromatic heterocycles. The second-order valence-electron chi connectivity index (χ2n) is 8.41. The standard InChI is InChI=1S/C26H33NO4S/c28-22(11-6-2-5-10-20-8-3-1-4-9-20)15-13-21-14-18-25(29)27(21)19-7-12-23-16-17-24(32-23)26(30)31/h1,3-4,8-9,13,15-17,21-22,28H,2,5-7,10-12,14,18-19H2,(H,30,31)/b15-13+. The minimum absolute atomic E-state index is 0.0492. The van der Waals surface area contributed by atoms with Crippen molar-refractivity contribution in [3.63, 3.8) is 0 Å². The van der Waals surface area contributed by atoms with Crippen molar-refractivity contribution in [1.29, 1.82) is 0 Å². The number of carboxylic acids is 1. The zero-order chi connectivity index (χ0) is 22.8. The van der Waals surface area contributed by atoms with E-state index in [1.807, 2.05) is 29.2 Å². The van der Waals surface area contributed by atoms with Crippen molar-refractivity contribution in [2.24, 2.45) is 0 Å². The molecule has 0 spiro atoms. The molecule has 1 aliphatic rings. The number of aliphatic hydroxyl groups excluding tert-OH is 1. The zero-order valence-corrected chi connectivity index (χ0v) is 19.3. The molecule has 2 heterocycles. The number of carbonyl (C=O) groups excluding carboxylic acids is 1. The summed E-state index contributed by atoms with van der Waals surface area (Å²) in [6.07, 6.45) is 11.3. The van der Waals surface area contributed by atoms with Gasteiger partial charge in [-0.25, -0.2) is 4.79 Å². The molecule has 0 aliphatic carbocycles. The molecule has 0 bridgehead atoms. The predicted molar refractivity (Wildman–Crippen MR) is 128 cm³/mol. The second kappa shape index (κ2) is 12.6. The first kappa shape index (κ1) is 24.2. The number of hydrogen-bond donors (Lipinski definition) is 2. The zero-order valence-electron chi connectivity index (χ0n) is 18.5. The Balaban J connectivity index is 1.35. The molecule has 1 fully saturated rings. The fourth-order valence-corrected chi connectivity index (χ4v) is 5.04. The lowest BCUT2D eigenvalue weighted by molar-refractivity contribution is -0.128. The molecule has 5 nitrogen and oxygen atoms in total. The van der Waals surface area contributed by atoms with E-state index in [1.165, 1.54) is 16.9 Å². The Labute approximate surface area is 194 Å². The summed E-state index contributed by atoms with van der Waals surface area (Å²) in [6.45, 7) is 0.656. The van der Waals surface area contributed by atoms with Gasteiger partial charge in [-0.3, -0.25) is 4.79 Å². The van der Waals surface area contributed by atoms with Gasteiger partial charge >= 0.3 is 5.97 Å². The molecule has 0 radical (unpaired) electrons. The molecule has 2 unspecified atom stereocenters. The number of carbonyl (C=O) groups is 2. The quantitative estimate of drug-likeness (QED) is 0.326. The van der Waals surface area contributed by atoms with Gasteiger partial charge in [0.05, 0.1) is 12.1 Å². The maximum absolute atomic E-state index is 12.3. The molecule has 3 rings (SSSR count). The van der Waals surface area contributed by atoms with E-state index in [4.69, 9.17) is 5.11 Å². The number of rotatable bonds is 13. The molecule has 2 atom stereocenters. The highest BCUT2D eigenvalue weighted by molar-refractivity contribution is 7.13. The number of likely N-dealkylation sites (tertiary alicyclic amines) is 1. The fourth-order valence-electron chi connectivity index (χ4n) is 4.15. The normalized spacial score (nSPS) is 17.3. The van der Waals surface area contributed by atoms with Crippen LogP contribution in [-0.4, -0.2) is 45.7 Å². The molecule has 32 heavy (non-hydrogen) atoms. The van der Waals surface area contributed by atoms with Crippen LogP contribution in [0.4, 0.5) is 0 Å². The van der Waals surface area contributed by atoms with Gasteiger partial charge in [0.1, 0.15) is 4.88 Å². The highest BCUT2D eigenvalue weighted by atomic mass is 32.1. The molecule has 1 aliphatic heterocycles. The third-order valence-corrected chi connectivity index (χ3v) is 7.07. The SMILES string of the molecule is O=C(O)c1ccc(CCCN2C(=O)CCC2/C=C/C(O)CCCCCc2ccccc2)s1. The summed E-state index contributed by atoms with van der Waals surface area (Å²) < 4.78 is 0. The summed E-state index contributed by atoms with van der Waals surface area (Å²) in [4.78, 5) is 26.6. The first-order chi connectivity index (χ1) is 15.5. The van der Waals surface area contributed by atoms with Crippen LogP contribution in [0.5, 0.6) is 0 Å². The predicted octanol–water partition coefficient (Wildman–Crippen LogP) is 5.09. The number of hydrogen-bond acceptors (Lipinski definition) is 4. The van der Waals surface area contributed by atoms with Crippen molar-refractivity contribution in [1.82, 2.24) is 4.90 Å². The topological polar surface area (TPSA) is 77.8 Å². The Kier molecular flexibility index (Phi) is 9.50. The van der Waals surface area contributed by atoms with Gasteiger partial charge in [-0.05, 0) is 56.2 Å². The first-order valence-corrected chi connectivity index (χ1v) is 12.4. The van der Waals surface area contributed by atoms with Gasteiger partial charge in [0.15, 0.2) is 0 Å². The lowest BCUT2D eigenvalue weighted by Crippen LogP contribution is -2.33. The summed E-state index contributed by atoms with van der Waals surface area (Å²) in [6, 6.07) is 14.0.